The first-order chi connectivity index (χ1) is 14.6. The summed E-state index contributed by atoms with van der Waals surface area (Å²) in [6.45, 7) is 4.19. The van der Waals surface area contributed by atoms with Crippen molar-refractivity contribution >= 4 is 11.8 Å². The number of halogens is 3. The Bertz CT molecular complexity index is 987. The van der Waals surface area contributed by atoms with Gasteiger partial charge in [-0.3, -0.25) is 4.79 Å². The van der Waals surface area contributed by atoms with Crippen LogP contribution in [0.25, 0.3) is 0 Å². The van der Waals surface area contributed by atoms with Crippen molar-refractivity contribution in [2.24, 2.45) is 11.8 Å². The summed E-state index contributed by atoms with van der Waals surface area (Å²) in [5, 5.41) is 4.03. The third-order valence-electron chi connectivity index (χ3n) is 6.35. The fraction of sp³-hybridized carbons (Fsp3) is 0.500. The van der Waals surface area contributed by atoms with E-state index in [-0.39, 0.29) is 35.8 Å². The number of benzene rings is 1. The highest BCUT2D eigenvalue weighted by Crippen LogP contribution is 2.40. The molecule has 2 fully saturated rings. The topological polar surface area (TPSA) is 64.4 Å². The van der Waals surface area contributed by atoms with Gasteiger partial charge in [0.25, 0.3) is 0 Å². The van der Waals surface area contributed by atoms with Crippen molar-refractivity contribution in [3.8, 4) is 0 Å². The molecule has 6 nitrogen and oxygen atoms in total. The minimum Gasteiger partial charge on any atom is -0.374 e. The largest absolute Gasteiger partial charge is 0.416 e. The lowest BCUT2D eigenvalue weighted by Gasteiger charge is -2.20. The Labute approximate surface area is 178 Å². The Balaban J connectivity index is 1.32. The summed E-state index contributed by atoms with van der Waals surface area (Å²) in [6.07, 6.45) is -1.37. The second kappa shape index (κ2) is 8.11. The van der Waals surface area contributed by atoms with E-state index in [1.165, 1.54) is 36.9 Å². The second-order valence-corrected chi connectivity index (χ2v) is 8.40. The van der Waals surface area contributed by atoms with E-state index in [1.807, 2.05) is 0 Å². The normalized spacial score (nSPS) is 23.3. The predicted molar refractivity (Wildman–Crippen MR) is 106 cm³/mol. The van der Waals surface area contributed by atoms with Gasteiger partial charge in [0.15, 0.2) is 5.78 Å². The van der Waals surface area contributed by atoms with E-state index >= 15 is 0 Å². The molecule has 1 unspecified atom stereocenters. The fourth-order valence-corrected chi connectivity index (χ4v) is 4.65. The minimum absolute atomic E-state index is 0.0322. The summed E-state index contributed by atoms with van der Waals surface area (Å²) < 4.78 is 46.4. The van der Waals surface area contributed by atoms with Crippen molar-refractivity contribution in [1.82, 2.24) is 14.7 Å². The minimum atomic E-state index is -4.37. The molecule has 1 aliphatic carbocycles. The van der Waals surface area contributed by atoms with Gasteiger partial charge >= 0.3 is 12.2 Å². The van der Waals surface area contributed by atoms with Crippen molar-refractivity contribution in [3.63, 3.8) is 0 Å². The van der Waals surface area contributed by atoms with Crippen molar-refractivity contribution in [1.29, 1.82) is 0 Å². The first kappa shape index (κ1) is 21.5. The van der Waals surface area contributed by atoms with Gasteiger partial charge in [-0.2, -0.15) is 23.0 Å². The van der Waals surface area contributed by atoms with E-state index in [2.05, 4.69) is 5.10 Å². The van der Waals surface area contributed by atoms with Crippen LogP contribution in [-0.4, -0.2) is 45.7 Å². The van der Waals surface area contributed by atoms with Crippen LogP contribution in [0.5, 0.6) is 0 Å². The molecule has 1 amide bonds. The number of amides is 1. The molecule has 0 radical (unpaired) electrons. The summed E-state index contributed by atoms with van der Waals surface area (Å²) >= 11 is 0. The molecular weight excluding hydrogens is 411 g/mol. The van der Waals surface area contributed by atoms with E-state index in [0.29, 0.717) is 30.5 Å². The van der Waals surface area contributed by atoms with Crippen LogP contribution in [-0.2, 0) is 17.5 Å². The smallest absolute Gasteiger partial charge is 0.374 e. The van der Waals surface area contributed by atoms with Crippen molar-refractivity contribution in [2.75, 3.05) is 13.1 Å². The molecule has 3 atom stereocenters. The highest BCUT2D eigenvalue weighted by atomic mass is 19.4. The zero-order valence-electron chi connectivity index (χ0n) is 17.4. The molecule has 1 aromatic heterocycles. The number of Topliss-reactive ketones (excluding diaryl/α,β-unsaturated/α-hetero) is 1. The van der Waals surface area contributed by atoms with Gasteiger partial charge < -0.3 is 9.64 Å². The van der Waals surface area contributed by atoms with Crippen LogP contribution < -0.4 is 0 Å². The summed E-state index contributed by atoms with van der Waals surface area (Å²) in [6, 6.07) is 5.44. The van der Waals surface area contributed by atoms with Crippen LogP contribution in [0, 0.1) is 18.8 Å². The third-order valence-corrected chi connectivity index (χ3v) is 6.35. The fourth-order valence-electron chi connectivity index (χ4n) is 4.65. The monoisotopic (exact) mass is 435 g/mol. The van der Waals surface area contributed by atoms with Gasteiger partial charge in [-0.15, -0.1) is 0 Å². The number of nitrogens with zero attached hydrogens (tertiary/aromatic N) is 3. The molecule has 0 N–H and O–H groups in total. The number of ether oxygens (including phenoxy) is 1. The first-order valence-corrected chi connectivity index (χ1v) is 10.3. The maximum atomic E-state index is 13.1. The lowest BCUT2D eigenvalue weighted by molar-refractivity contribution is -0.138. The van der Waals surface area contributed by atoms with Gasteiger partial charge in [-0.25, -0.2) is 4.79 Å². The standard InChI is InChI=1S/C22H24F3N3O3/c1-13-15(4-3-5-19(13)22(23,24)25)12-31-18-8-16-10-27(11-17(16)9-18)21(30)28-7-6-20(26-28)14(2)29/h3-7,16-18H,8-12H2,1-2H3/t16-,17+,18?. The Morgan fingerprint density at radius 1 is 1.16 bits per heavy atom. The number of carbonyl (C=O) groups is 2. The summed E-state index contributed by atoms with van der Waals surface area (Å²) in [4.78, 5) is 25.8. The van der Waals surface area contributed by atoms with Crippen molar-refractivity contribution < 1.29 is 27.5 Å². The Morgan fingerprint density at radius 2 is 1.84 bits per heavy atom. The molecule has 4 rings (SSSR count). The zero-order chi connectivity index (χ0) is 22.3. The van der Waals surface area contributed by atoms with E-state index < -0.39 is 11.7 Å². The number of hydrogen-bond donors (Lipinski definition) is 0. The van der Waals surface area contributed by atoms with Crippen molar-refractivity contribution in [2.45, 2.75) is 45.6 Å². The number of rotatable bonds is 4. The SMILES string of the molecule is CC(=O)c1ccn(C(=O)N2C[C@H]3CC(OCc4cccc(C(F)(F)F)c4C)C[C@H]3C2)n1. The Morgan fingerprint density at radius 3 is 2.42 bits per heavy atom. The van der Waals surface area contributed by atoms with Crippen LogP contribution in [0.3, 0.4) is 0 Å². The predicted octanol–water partition coefficient (Wildman–Crippen LogP) is 4.31. The summed E-state index contributed by atoms with van der Waals surface area (Å²) in [5.41, 5.74) is 0.376. The molecule has 0 bridgehead atoms. The number of ketones is 1. The number of aromatic nitrogens is 2. The van der Waals surface area contributed by atoms with Gasteiger partial charge in [-0.1, -0.05) is 12.1 Å². The van der Waals surface area contributed by atoms with E-state index in [4.69, 9.17) is 4.74 Å². The van der Waals surface area contributed by atoms with Crippen LogP contribution in [0.4, 0.5) is 18.0 Å². The number of hydrogen-bond acceptors (Lipinski definition) is 4. The number of alkyl halides is 3. The molecule has 2 aromatic rings. The maximum Gasteiger partial charge on any atom is 0.416 e. The average Bonchev–Trinajstić information content (AvgIpc) is 3.40. The quantitative estimate of drug-likeness (QED) is 0.672. The van der Waals surface area contributed by atoms with E-state index in [9.17, 15) is 22.8 Å². The molecule has 2 heterocycles. The van der Waals surface area contributed by atoms with Gasteiger partial charge in [0.05, 0.1) is 18.3 Å². The lowest BCUT2D eigenvalue weighted by Crippen LogP contribution is -2.34. The molecule has 1 aliphatic heterocycles. The van der Waals surface area contributed by atoms with Crippen LogP contribution in [0.15, 0.2) is 30.5 Å². The molecular formula is C22H24F3N3O3. The highest BCUT2D eigenvalue weighted by Gasteiger charge is 2.43. The van der Waals surface area contributed by atoms with E-state index in [0.717, 1.165) is 18.9 Å². The Kier molecular flexibility index (Phi) is 5.63. The number of likely N-dealkylation sites (tertiary alicyclic amines) is 1. The third kappa shape index (κ3) is 4.37. The molecule has 9 heteroatoms. The van der Waals surface area contributed by atoms with Gasteiger partial charge in [0.1, 0.15) is 5.69 Å². The first-order valence-electron chi connectivity index (χ1n) is 10.3. The zero-order valence-corrected chi connectivity index (χ0v) is 17.4. The maximum absolute atomic E-state index is 13.1. The van der Waals surface area contributed by atoms with Crippen LogP contribution in [0.2, 0.25) is 0 Å². The average molecular weight is 435 g/mol. The lowest BCUT2D eigenvalue weighted by atomic mass is 10.0. The Hall–Kier alpha value is -2.68. The molecule has 1 aromatic carbocycles. The number of carbonyl (C=O) groups excluding carboxylic acids is 2. The highest BCUT2D eigenvalue weighted by molar-refractivity contribution is 5.92. The van der Waals surface area contributed by atoms with Gasteiger partial charge in [0.2, 0.25) is 0 Å². The van der Waals surface area contributed by atoms with E-state index in [1.54, 1.807) is 11.0 Å². The molecule has 1 saturated carbocycles. The van der Waals surface area contributed by atoms with Crippen molar-refractivity contribution in [3.05, 3.63) is 52.8 Å². The molecule has 1 saturated heterocycles. The molecule has 166 valence electrons. The summed E-state index contributed by atoms with van der Waals surface area (Å²) in [5.74, 6) is 0.389. The summed E-state index contributed by atoms with van der Waals surface area (Å²) in [7, 11) is 0. The molecule has 0 spiro atoms. The van der Waals surface area contributed by atoms with Gasteiger partial charge in [-0.05, 0) is 54.9 Å². The van der Waals surface area contributed by atoms with Crippen LogP contribution in [0.1, 0.15) is 46.9 Å². The number of fused-ring (bicyclic) bond motifs is 1. The molecule has 2 aliphatic rings. The molecule has 31 heavy (non-hydrogen) atoms. The van der Waals surface area contributed by atoms with Gasteiger partial charge in [0, 0.05) is 26.2 Å². The second-order valence-electron chi connectivity index (χ2n) is 8.40. The van der Waals surface area contributed by atoms with Crippen LogP contribution >= 0.6 is 0 Å².